The molecule has 12 heteroatoms. The predicted octanol–water partition coefficient (Wildman–Crippen LogP) is 4.02. The summed E-state index contributed by atoms with van der Waals surface area (Å²) in [6, 6.07) is 13.5. The van der Waals surface area contributed by atoms with Crippen LogP contribution in [0, 0.1) is 5.92 Å². The lowest BCUT2D eigenvalue weighted by molar-refractivity contribution is -0.138. The number of aliphatic hydroxyl groups excluding tert-OH is 1. The van der Waals surface area contributed by atoms with Crippen molar-refractivity contribution in [1.29, 1.82) is 0 Å². The summed E-state index contributed by atoms with van der Waals surface area (Å²) in [6.45, 7) is 1.90. The lowest BCUT2D eigenvalue weighted by Gasteiger charge is -2.12. The zero-order valence-corrected chi connectivity index (χ0v) is 23.7. The topological polar surface area (TPSA) is 152 Å². The number of pyridine rings is 1. The van der Waals surface area contributed by atoms with Gasteiger partial charge >= 0.3 is 5.97 Å². The summed E-state index contributed by atoms with van der Waals surface area (Å²) >= 11 is 0.0967. The molecule has 3 heterocycles. The van der Waals surface area contributed by atoms with Gasteiger partial charge in [0.05, 0.1) is 41.6 Å². The molecule has 1 aromatic carbocycles. The minimum atomic E-state index is -1.25. The highest BCUT2D eigenvalue weighted by atomic mass is 32.2. The van der Waals surface area contributed by atoms with Crippen molar-refractivity contribution in [2.45, 2.75) is 32.4 Å². The van der Waals surface area contributed by atoms with E-state index in [9.17, 15) is 19.2 Å². The Morgan fingerprint density at radius 1 is 1.18 bits per heavy atom. The van der Waals surface area contributed by atoms with Gasteiger partial charge in [0.15, 0.2) is 5.13 Å². The lowest BCUT2D eigenvalue weighted by Crippen LogP contribution is -2.36. The van der Waals surface area contributed by atoms with Crippen LogP contribution in [0.15, 0.2) is 66.4 Å². The molecule has 0 saturated heterocycles. The number of nitrogens with zero attached hydrogens (tertiary/aromatic N) is 3. The average molecular weight is 582 g/mol. The van der Waals surface area contributed by atoms with E-state index in [1.165, 1.54) is 27.8 Å². The Morgan fingerprint density at radius 2 is 1.95 bits per heavy atom. The number of carbonyl (C=O) groups excluding carboxylic acids is 1. The number of anilines is 1. The number of aryl methyl sites for hydroxylation is 1. The quantitative estimate of drug-likeness (QED) is 0.136. The maximum absolute atomic E-state index is 12.3. The van der Waals surface area contributed by atoms with E-state index in [2.05, 4.69) is 20.6 Å². The smallest absolute Gasteiger partial charge is 0.303 e. The van der Waals surface area contributed by atoms with Crippen LogP contribution in [0.4, 0.5) is 5.13 Å². The highest BCUT2D eigenvalue weighted by Gasteiger charge is 2.14. The molecule has 3 aromatic heterocycles. The number of hydrogen-bond donors (Lipinski definition) is 4. The van der Waals surface area contributed by atoms with Gasteiger partial charge in [0.1, 0.15) is 12.5 Å². The van der Waals surface area contributed by atoms with E-state index >= 15 is 0 Å². The highest BCUT2D eigenvalue weighted by molar-refractivity contribution is 7.89. The minimum Gasteiger partial charge on any atom is -0.593 e. The van der Waals surface area contributed by atoms with Crippen molar-refractivity contribution >= 4 is 39.7 Å². The largest absolute Gasteiger partial charge is 0.593 e. The Hall–Kier alpha value is -3.71. The molecule has 3 atom stereocenters. The SMILES string of the molecule is CC(CCc1cc(-c2cccc(-c3csc(NC(O)CNC(=O)c4ccn([S+](C)[O-])c4)n3)c2)ccn1)CC(=O)O. The van der Waals surface area contributed by atoms with Crippen molar-refractivity contribution in [3.05, 3.63) is 77.7 Å². The molecule has 4 aromatic rings. The minimum absolute atomic E-state index is 0.0386. The summed E-state index contributed by atoms with van der Waals surface area (Å²) in [4.78, 5) is 32.3. The molecule has 0 bridgehead atoms. The van der Waals surface area contributed by atoms with Gasteiger partial charge in [-0.25, -0.2) is 4.98 Å². The van der Waals surface area contributed by atoms with Gasteiger partial charge < -0.3 is 25.4 Å². The van der Waals surface area contributed by atoms with Crippen molar-refractivity contribution in [3.63, 3.8) is 0 Å². The highest BCUT2D eigenvalue weighted by Crippen LogP contribution is 2.29. The van der Waals surface area contributed by atoms with Crippen LogP contribution in [0.3, 0.4) is 0 Å². The first-order chi connectivity index (χ1) is 19.2. The molecule has 0 aliphatic carbocycles. The fourth-order valence-corrected chi connectivity index (χ4v) is 5.34. The third-order valence-corrected chi connectivity index (χ3v) is 7.80. The Balaban J connectivity index is 1.35. The molecule has 4 rings (SSSR count). The van der Waals surface area contributed by atoms with E-state index < -0.39 is 23.6 Å². The summed E-state index contributed by atoms with van der Waals surface area (Å²) in [5.41, 5.74) is 4.95. The second kappa shape index (κ2) is 13.6. The molecule has 0 aliphatic rings. The predicted molar refractivity (Wildman–Crippen MR) is 156 cm³/mol. The van der Waals surface area contributed by atoms with Crippen molar-refractivity contribution in [2.24, 2.45) is 5.92 Å². The molecule has 1 amide bonds. The maximum Gasteiger partial charge on any atom is 0.303 e. The summed E-state index contributed by atoms with van der Waals surface area (Å²) < 4.78 is 12.9. The van der Waals surface area contributed by atoms with E-state index in [4.69, 9.17) is 5.11 Å². The van der Waals surface area contributed by atoms with Crippen LogP contribution in [0.1, 0.15) is 35.8 Å². The van der Waals surface area contributed by atoms with Crippen LogP contribution in [0.2, 0.25) is 0 Å². The van der Waals surface area contributed by atoms with Gasteiger partial charge in [-0.15, -0.1) is 11.3 Å². The molecule has 0 spiro atoms. The lowest BCUT2D eigenvalue weighted by atomic mass is 9.98. The number of aliphatic hydroxyl groups is 1. The first kappa shape index (κ1) is 29.3. The van der Waals surface area contributed by atoms with E-state index in [1.807, 2.05) is 48.7 Å². The second-order valence-electron chi connectivity index (χ2n) is 9.45. The molecular weight excluding hydrogens is 550 g/mol. The van der Waals surface area contributed by atoms with E-state index in [-0.39, 0.29) is 24.8 Å². The van der Waals surface area contributed by atoms with Crippen LogP contribution in [0.5, 0.6) is 0 Å². The number of hydrogen-bond acceptors (Lipinski definition) is 8. The Morgan fingerprint density at radius 3 is 2.70 bits per heavy atom. The molecule has 4 N–H and O–H groups in total. The van der Waals surface area contributed by atoms with E-state index in [0.717, 1.165) is 34.5 Å². The van der Waals surface area contributed by atoms with Crippen molar-refractivity contribution in [2.75, 3.05) is 18.1 Å². The molecule has 40 heavy (non-hydrogen) atoms. The maximum atomic E-state index is 12.3. The number of carboxylic acid groups (broad SMARTS) is 1. The van der Waals surface area contributed by atoms with Gasteiger partial charge in [0.2, 0.25) is 0 Å². The fraction of sp³-hybridized carbons (Fsp3) is 0.286. The number of thiazole rings is 1. The molecule has 0 saturated carbocycles. The molecule has 10 nitrogen and oxygen atoms in total. The van der Waals surface area contributed by atoms with Gasteiger partial charge in [-0.1, -0.05) is 25.1 Å². The van der Waals surface area contributed by atoms with Gasteiger partial charge in [-0.05, 0) is 54.2 Å². The Labute approximate surface area is 239 Å². The van der Waals surface area contributed by atoms with Crippen LogP contribution in [-0.4, -0.2) is 59.6 Å². The number of carboxylic acids is 1. The number of aromatic nitrogens is 3. The number of nitrogens with one attached hydrogen (secondary N) is 2. The van der Waals surface area contributed by atoms with Gasteiger partial charge in [-0.2, -0.15) is 3.97 Å². The second-order valence-corrected chi connectivity index (χ2v) is 11.6. The van der Waals surface area contributed by atoms with Crippen molar-refractivity contribution in [1.82, 2.24) is 19.3 Å². The van der Waals surface area contributed by atoms with Gasteiger partial charge in [-0.3, -0.25) is 14.6 Å². The number of amides is 1. The zero-order valence-electron chi connectivity index (χ0n) is 22.1. The first-order valence-corrected chi connectivity index (χ1v) is 15.0. The summed E-state index contributed by atoms with van der Waals surface area (Å²) in [6.07, 6.45) is 6.89. The molecule has 0 radical (unpaired) electrons. The Bertz CT molecular complexity index is 1450. The van der Waals surface area contributed by atoms with Gasteiger partial charge in [0.25, 0.3) is 5.91 Å². The monoisotopic (exact) mass is 581 g/mol. The number of benzene rings is 1. The Kier molecular flexibility index (Phi) is 9.93. The fourth-order valence-electron chi connectivity index (χ4n) is 4.08. The molecule has 0 aliphatic heterocycles. The zero-order chi connectivity index (χ0) is 28.6. The average Bonchev–Trinajstić information content (AvgIpc) is 3.61. The van der Waals surface area contributed by atoms with Crippen molar-refractivity contribution < 1.29 is 24.4 Å². The summed E-state index contributed by atoms with van der Waals surface area (Å²) in [7, 11) is 0. The van der Waals surface area contributed by atoms with Crippen LogP contribution >= 0.6 is 11.3 Å². The molecule has 210 valence electrons. The van der Waals surface area contributed by atoms with Crippen molar-refractivity contribution in [3.8, 4) is 22.4 Å². The van der Waals surface area contributed by atoms with E-state index in [1.54, 1.807) is 18.5 Å². The third kappa shape index (κ3) is 8.15. The molecule has 3 unspecified atom stereocenters. The number of aliphatic carboxylic acids is 1. The standard InChI is InChI=1S/C28H31N5O5S2/c1-18(12-26(35)36)6-7-23-14-20(8-10-29-23)19-4-3-5-21(13-19)24-17-39-28(31-24)32-25(34)15-30-27(37)22-9-11-33(16-22)40(2)38/h3-5,8-11,13-14,16-18,25,34H,6-7,12,15H2,1-2H3,(H,30,37)(H,31,32)(H,35,36). The summed E-state index contributed by atoms with van der Waals surface area (Å²) in [5.74, 6) is -1.09. The van der Waals surface area contributed by atoms with Crippen LogP contribution in [0.25, 0.3) is 22.4 Å². The molecular formula is C28H31N5O5S2. The first-order valence-electron chi connectivity index (χ1n) is 12.7. The van der Waals surface area contributed by atoms with Crippen LogP contribution < -0.4 is 10.6 Å². The van der Waals surface area contributed by atoms with Gasteiger partial charge in [0, 0.05) is 29.3 Å². The van der Waals surface area contributed by atoms with Crippen LogP contribution in [-0.2, 0) is 22.6 Å². The number of carbonyl (C=O) groups is 2. The normalized spacial score (nSPS) is 13.4. The van der Waals surface area contributed by atoms with E-state index in [0.29, 0.717) is 17.1 Å². The number of rotatable bonds is 13. The summed E-state index contributed by atoms with van der Waals surface area (Å²) in [5, 5.41) is 27.3. The third-order valence-electron chi connectivity index (χ3n) is 6.20. The molecule has 0 fully saturated rings.